The molecular weight excluding hydrogens is 366 g/mol. The first kappa shape index (κ1) is 19.8. The first-order chi connectivity index (χ1) is 12.4. The van der Waals surface area contributed by atoms with Crippen LogP contribution in [-0.2, 0) is 9.59 Å². The highest BCUT2D eigenvalue weighted by Gasteiger charge is 2.06. The standard InChI is InChI=1S/C19H21N3O2S2/c1-13(2)12-18(24)20-14-5-7-15(8-6-14)21-19(25)22-17(23)10-9-16-4-3-11-26-16/h3-11,13H,12H2,1-2H3,(H,20,24)(H2,21,22,23,25)/b10-9+. The number of hydrogen-bond donors (Lipinski definition) is 3. The number of nitrogens with one attached hydrogen (secondary N) is 3. The average molecular weight is 388 g/mol. The molecule has 0 unspecified atom stereocenters. The number of thiophene rings is 1. The fraction of sp³-hybridized carbons (Fsp3) is 0.211. The molecule has 0 saturated heterocycles. The summed E-state index contributed by atoms with van der Waals surface area (Å²) in [7, 11) is 0. The fourth-order valence-corrected chi connectivity index (χ4v) is 2.92. The molecule has 2 aromatic rings. The summed E-state index contributed by atoms with van der Waals surface area (Å²) in [6.45, 7) is 3.99. The Bertz CT molecular complexity index is 782. The van der Waals surface area contributed by atoms with Crippen LogP contribution < -0.4 is 16.0 Å². The third-order valence-electron chi connectivity index (χ3n) is 3.20. The lowest BCUT2D eigenvalue weighted by atomic mass is 10.1. The molecule has 26 heavy (non-hydrogen) atoms. The van der Waals surface area contributed by atoms with Gasteiger partial charge in [0.2, 0.25) is 11.8 Å². The van der Waals surface area contributed by atoms with Gasteiger partial charge >= 0.3 is 0 Å². The van der Waals surface area contributed by atoms with Crippen LogP contribution in [0.25, 0.3) is 6.08 Å². The summed E-state index contributed by atoms with van der Waals surface area (Å²) in [6.07, 6.45) is 3.65. The van der Waals surface area contributed by atoms with Crippen molar-refractivity contribution in [1.82, 2.24) is 5.32 Å². The molecule has 136 valence electrons. The molecular formula is C19H21N3O2S2. The molecule has 0 saturated carbocycles. The molecule has 1 aromatic heterocycles. The van der Waals surface area contributed by atoms with E-state index < -0.39 is 0 Å². The maximum atomic E-state index is 11.8. The largest absolute Gasteiger partial charge is 0.332 e. The van der Waals surface area contributed by atoms with Gasteiger partial charge in [0, 0.05) is 28.7 Å². The second-order valence-corrected chi connectivity index (χ2v) is 7.40. The molecule has 0 atom stereocenters. The van der Waals surface area contributed by atoms with Gasteiger partial charge in [0.05, 0.1) is 0 Å². The minimum atomic E-state index is -0.298. The van der Waals surface area contributed by atoms with Crippen LogP contribution in [0.3, 0.4) is 0 Å². The second-order valence-electron chi connectivity index (χ2n) is 6.02. The Balaban J connectivity index is 1.81. The van der Waals surface area contributed by atoms with Crippen LogP contribution in [0.4, 0.5) is 11.4 Å². The Kier molecular flexibility index (Phi) is 7.50. The van der Waals surface area contributed by atoms with E-state index in [9.17, 15) is 9.59 Å². The van der Waals surface area contributed by atoms with Crippen LogP contribution in [0.2, 0.25) is 0 Å². The number of hydrogen-bond acceptors (Lipinski definition) is 4. The first-order valence-corrected chi connectivity index (χ1v) is 9.44. The molecule has 0 fully saturated rings. The number of anilines is 2. The maximum absolute atomic E-state index is 11.8. The number of carbonyl (C=O) groups is 2. The molecule has 1 heterocycles. The molecule has 3 N–H and O–H groups in total. The zero-order valence-corrected chi connectivity index (χ0v) is 16.2. The Hall–Kier alpha value is -2.51. The van der Waals surface area contributed by atoms with Gasteiger partial charge in [-0.1, -0.05) is 19.9 Å². The lowest BCUT2D eigenvalue weighted by Gasteiger charge is -2.10. The third kappa shape index (κ3) is 7.16. The summed E-state index contributed by atoms with van der Waals surface area (Å²) in [6, 6.07) is 11.0. The van der Waals surface area contributed by atoms with E-state index in [1.165, 1.54) is 6.08 Å². The predicted molar refractivity (Wildman–Crippen MR) is 112 cm³/mol. The van der Waals surface area contributed by atoms with Crippen molar-refractivity contribution >= 4 is 57.9 Å². The highest BCUT2D eigenvalue weighted by molar-refractivity contribution is 7.80. The molecule has 0 bridgehead atoms. The Morgan fingerprint density at radius 1 is 1.12 bits per heavy atom. The van der Waals surface area contributed by atoms with Gasteiger partial charge in [-0.3, -0.25) is 14.9 Å². The third-order valence-corrected chi connectivity index (χ3v) is 4.24. The summed E-state index contributed by atoms with van der Waals surface area (Å²) in [5, 5.41) is 10.5. The van der Waals surface area contributed by atoms with Crippen LogP contribution in [-0.4, -0.2) is 16.9 Å². The zero-order valence-electron chi connectivity index (χ0n) is 14.6. The predicted octanol–water partition coefficient (Wildman–Crippen LogP) is 4.26. The molecule has 7 heteroatoms. The molecule has 0 radical (unpaired) electrons. The minimum Gasteiger partial charge on any atom is -0.332 e. The van der Waals surface area contributed by atoms with E-state index >= 15 is 0 Å². The Morgan fingerprint density at radius 3 is 2.35 bits per heavy atom. The average Bonchev–Trinajstić information content (AvgIpc) is 3.07. The summed E-state index contributed by atoms with van der Waals surface area (Å²) in [4.78, 5) is 24.6. The van der Waals surface area contributed by atoms with Crippen molar-refractivity contribution in [3.63, 3.8) is 0 Å². The quantitative estimate of drug-likeness (QED) is 0.512. The van der Waals surface area contributed by atoms with Crippen molar-refractivity contribution in [2.45, 2.75) is 20.3 Å². The van der Waals surface area contributed by atoms with E-state index in [1.807, 2.05) is 31.4 Å². The SMILES string of the molecule is CC(C)CC(=O)Nc1ccc(NC(=S)NC(=O)/C=C/c2cccs2)cc1. The highest BCUT2D eigenvalue weighted by Crippen LogP contribution is 2.14. The molecule has 5 nitrogen and oxygen atoms in total. The van der Waals surface area contributed by atoms with Crippen LogP contribution in [0.1, 0.15) is 25.1 Å². The van der Waals surface area contributed by atoms with Gasteiger partial charge in [0.1, 0.15) is 0 Å². The Labute approximate surface area is 162 Å². The van der Waals surface area contributed by atoms with Gasteiger partial charge in [-0.2, -0.15) is 0 Å². The van der Waals surface area contributed by atoms with Crippen LogP contribution >= 0.6 is 23.6 Å². The van der Waals surface area contributed by atoms with Crippen LogP contribution in [0, 0.1) is 5.92 Å². The van der Waals surface area contributed by atoms with E-state index in [0.29, 0.717) is 12.3 Å². The highest BCUT2D eigenvalue weighted by atomic mass is 32.1. The molecule has 0 aliphatic carbocycles. The van der Waals surface area contributed by atoms with Crippen molar-refractivity contribution in [1.29, 1.82) is 0 Å². The zero-order chi connectivity index (χ0) is 18.9. The number of carbonyl (C=O) groups excluding carboxylic acids is 2. The summed E-state index contributed by atoms with van der Waals surface area (Å²) >= 11 is 6.68. The molecule has 0 aliphatic rings. The monoisotopic (exact) mass is 387 g/mol. The minimum absolute atomic E-state index is 0.0129. The number of amides is 2. The number of thiocarbonyl (C=S) groups is 1. The number of rotatable bonds is 6. The molecule has 2 rings (SSSR count). The first-order valence-electron chi connectivity index (χ1n) is 8.16. The van der Waals surface area contributed by atoms with Gasteiger partial charge in [0.25, 0.3) is 0 Å². The number of benzene rings is 1. The van der Waals surface area contributed by atoms with E-state index in [1.54, 1.807) is 41.7 Å². The van der Waals surface area contributed by atoms with E-state index in [-0.39, 0.29) is 16.9 Å². The van der Waals surface area contributed by atoms with Gasteiger partial charge in [-0.05, 0) is 59.9 Å². The fourth-order valence-electron chi connectivity index (χ4n) is 2.08. The summed E-state index contributed by atoms with van der Waals surface area (Å²) < 4.78 is 0. The van der Waals surface area contributed by atoms with Gasteiger partial charge < -0.3 is 10.6 Å². The smallest absolute Gasteiger partial charge is 0.250 e. The summed E-state index contributed by atoms with van der Waals surface area (Å²) in [5.41, 5.74) is 1.44. The van der Waals surface area contributed by atoms with E-state index in [4.69, 9.17) is 12.2 Å². The maximum Gasteiger partial charge on any atom is 0.250 e. The van der Waals surface area contributed by atoms with Crippen molar-refractivity contribution in [2.75, 3.05) is 10.6 Å². The van der Waals surface area contributed by atoms with Gasteiger partial charge in [-0.25, -0.2) is 0 Å². The normalized spacial score (nSPS) is 10.7. The lowest BCUT2D eigenvalue weighted by Crippen LogP contribution is -2.32. The lowest BCUT2D eigenvalue weighted by molar-refractivity contribution is -0.117. The van der Waals surface area contributed by atoms with E-state index in [2.05, 4.69) is 16.0 Å². The van der Waals surface area contributed by atoms with Crippen LogP contribution in [0.15, 0.2) is 47.9 Å². The van der Waals surface area contributed by atoms with Gasteiger partial charge in [0.15, 0.2) is 5.11 Å². The van der Waals surface area contributed by atoms with Crippen molar-refractivity contribution < 1.29 is 9.59 Å². The van der Waals surface area contributed by atoms with E-state index in [0.717, 1.165) is 16.3 Å². The Morgan fingerprint density at radius 2 is 1.77 bits per heavy atom. The van der Waals surface area contributed by atoms with Crippen molar-refractivity contribution in [2.24, 2.45) is 5.92 Å². The van der Waals surface area contributed by atoms with Crippen LogP contribution in [0.5, 0.6) is 0 Å². The molecule has 2 amide bonds. The molecule has 0 spiro atoms. The summed E-state index contributed by atoms with van der Waals surface area (Å²) in [5.74, 6) is 0.000260. The van der Waals surface area contributed by atoms with Crippen molar-refractivity contribution in [3.05, 3.63) is 52.7 Å². The van der Waals surface area contributed by atoms with Crippen molar-refractivity contribution in [3.8, 4) is 0 Å². The molecule has 1 aromatic carbocycles. The van der Waals surface area contributed by atoms with Gasteiger partial charge in [-0.15, -0.1) is 11.3 Å². The topological polar surface area (TPSA) is 70.2 Å². The second kappa shape index (κ2) is 9.84. The molecule has 0 aliphatic heterocycles.